The summed E-state index contributed by atoms with van der Waals surface area (Å²) in [5, 5.41) is 0. The van der Waals surface area contributed by atoms with Crippen LogP contribution in [0.15, 0.2) is 0 Å². The zero-order valence-electron chi connectivity index (χ0n) is 7.01. The van der Waals surface area contributed by atoms with Gasteiger partial charge in [-0.3, -0.25) is 9.69 Å². The van der Waals surface area contributed by atoms with Gasteiger partial charge in [0.1, 0.15) is 0 Å². The molecular formula is C7H14N2O. The van der Waals surface area contributed by atoms with Crippen LogP contribution in [0.3, 0.4) is 0 Å². The SMILES string of the molecule is CN1CN(C)C(C)(C)C1=O. The van der Waals surface area contributed by atoms with E-state index in [-0.39, 0.29) is 11.4 Å². The summed E-state index contributed by atoms with van der Waals surface area (Å²) in [5.74, 6) is 0.204. The minimum Gasteiger partial charge on any atom is -0.331 e. The molecule has 3 nitrogen and oxygen atoms in total. The first kappa shape index (κ1) is 7.54. The Balaban J connectivity index is 2.85. The van der Waals surface area contributed by atoms with Gasteiger partial charge in [-0.2, -0.15) is 0 Å². The molecule has 3 heteroatoms. The van der Waals surface area contributed by atoms with Crippen molar-refractivity contribution in [3.63, 3.8) is 0 Å². The minimum absolute atomic E-state index is 0.204. The molecule has 0 spiro atoms. The summed E-state index contributed by atoms with van der Waals surface area (Å²) in [6, 6.07) is 0. The zero-order valence-corrected chi connectivity index (χ0v) is 7.01. The van der Waals surface area contributed by atoms with E-state index in [1.807, 2.05) is 32.8 Å². The molecule has 1 saturated heterocycles. The van der Waals surface area contributed by atoms with Crippen molar-refractivity contribution in [1.29, 1.82) is 0 Å². The van der Waals surface area contributed by atoms with Gasteiger partial charge in [-0.15, -0.1) is 0 Å². The number of carbonyl (C=O) groups excluding carboxylic acids is 1. The van der Waals surface area contributed by atoms with Crippen LogP contribution in [-0.4, -0.2) is 42.0 Å². The Morgan fingerprint density at radius 1 is 1.40 bits per heavy atom. The number of hydrogen-bond acceptors (Lipinski definition) is 2. The molecule has 58 valence electrons. The van der Waals surface area contributed by atoms with Crippen molar-refractivity contribution in [1.82, 2.24) is 9.80 Å². The Hall–Kier alpha value is -0.570. The Morgan fingerprint density at radius 3 is 2.00 bits per heavy atom. The molecule has 0 radical (unpaired) electrons. The largest absolute Gasteiger partial charge is 0.331 e. The molecule has 1 amide bonds. The number of rotatable bonds is 0. The molecule has 0 saturated carbocycles. The smallest absolute Gasteiger partial charge is 0.243 e. The third-order valence-corrected chi connectivity index (χ3v) is 2.25. The number of likely N-dealkylation sites (N-methyl/N-ethyl adjacent to an activating group) is 2. The fourth-order valence-electron chi connectivity index (χ4n) is 1.19. The van der Waals surface area contributed by atoms with Gasteiger partial charge >= 0.3 is 0 Å². The van der Waals surface area contributed by atoms with Gasteiger partial charge in [0.05, 0.1) is 12.2 Å². The first-order valence-corrected chi connectivity index (χ1v) is 3.43. The summed E-state index contributed by atoms with van der Waals surface area (Å²) in [4.78, 5) is 15.1. The lowest BCUT2D eigenvalue weighted by Gasteiger charge is -2.22. The van der Waals surface area contributed by atoms with Gasteiger partial charge in [0, 0.05) is 7.05 Å². The van der Waals surface area contributed by atoms with Gasteiger partial charge in [0.2, 0.25) is 5.91 Å². The van der Waals surface area contributed by atoms with E-state index in [2.05, 4.69) is 0 Å². The highest BCUT2D eigenvalue weighted by molar-refractivity contribution is 5.87. The Bertz CT molecular complexity index is 165. The van der Waals surface area contributed by atoms with Gasteiger partial charge in [-0.1, -0.05) is 0 Å². The Morgan fingerprint density at radius 2 is 1.90 bits per heavy atom. The number of carbonyl (C=O) groups is 1. The molecule has 0 aromatic rings. The van der Waals surface area contributed by atoms with Crippen LogP contribution < -0.4 is 0 Å². The predicted octanol–water partition coefficient (Wildman–Crippen LogP) is 0.126. The highest BCUT2D eigenvalue weighted by Gasteiger charge is 2.41. The van der Waals surface area contributed by atoms with Gasteiger partial charge in [0.15, 0.2) is 0 Å². The van der Waals surface area contributed by atoms with Crippen LogP contribution in [0, 0.1) is 0 Å². The van der Waals surface area contributed by atoms with E-state index in [0.29, 0.717) is 0 Å². The van der Waals surface area contributed by atoms with Crippen molar-refractivity contribution in [3.05, 3.63) is 0 Å². The zero-order chi connectivity index (χ0) is 7.94. The average molecular weight is 142 g/mol. The first-order chi connectivity index (χ1) is 4.46. The highest BCUT2D eigenvalue weighted by Crippen LogP contribution is 2.21. The van der Waals surface area contributed by atoms with Crippen LogP contribution in [-0.2, 0) is 4.79 Å². The molecule has 0 aromatic heterocycles. The first-order valence-electron chi connectivity index (χ1n) is 3.43. The van der Waals surface area contributed by atoms with Crippen LogP contribution in [0.1, 0.15) is 13.8 Å². The third-order valence-electron chi connectivity index (χ3n) is 2.25. The second-order valence-electron chi connectivity index (χ2n) is 3.40. The van der Waals surface area contributed by atoms with Crippen LogP contribution in [0.5, 0.6) is 0 Å². The van der Waals surface area contributed by atoms with Crippen LogP contribution in [0.2, 0.25) is 0 Å². The highest BCUT2D eigenvalue weighted by atomic mass is 16.2. The maximum Gasteiger partial charge on any atom is 0.243 e. The van der Waals surface area contributed by atoms with E-state index in [1.54, 1.807) is 4.90 Å². The van der Waals surface area contributed by atoms with Gasteiger partial charge in [0.25, 0.3) is 0 Å². The monoisotopic (exact) mass is 142 g/mol. The maximum absolute atomic E-state index is 11.3. The van der Waals surface area contributed by atoms with E-state index in [1.165, 1.54) is 0 Å². The van der Waals surface area contributed by atoms with Crippen molar-refractivity contribution < 1.29 is 4.79 Å². The molecule has 1 rings (SSSR count). The third kappa shape index (κ3) is 0.814. The lowest BCUT2D eigenvalue weighted by Crippen LogP contribution is -2.40. The fraction of sp³-hybridized carbons (Fsp3) is 0.857. The van der Waals surface area contributed by atoms with E-state index in [0.717, 1.165) is 6.67 Å². The molecule has 0 aliphatic carbocycles. The van der Waals surface area contributed by atoms with E-state index >= 15 is 0 Å². The van der Waals surface area contributed by atoms with E-state index < -0.39 is 0 Å². The summed E-state index contributed by atoms with van der Waals surface area (Å²) in [6.45, 7) is 4.63. The van der Waals surface area contributed by atoms with Gasteiger partial charge in [-0.05, 0) is 20.9 Å². The van der Waals surface area contributed by atoms with Crippen molar-refractivity contribution >= 4 is 5.91 Å². The summed E-state index contributed by atoms with van der Waals surface area (Å²) in [5.41, 5.74) is -0.297. The summed E-state index contributed by atoms with van der Waals surface area (Å²) < 4.78 is 0. The van der Waals surface area contributed by atoms with Crippen LogP contribution >= 0.6 is 0 Å². The quantitative estimate of drug-likeness (QED) is 0.480. The summed E-state index contributed by atoms with van der Waals surface area (Å²) >= 11 is 0. The maximum atomic E-state index is 11.3. The average Bonchev–Trinajstić information content (AvgIpc) is 1.97. The standard InChI is InChI=1S/C7H14N2O/c1-7(2)6(10)8(3)5-9(7)4/h5H2,1-4H3. The molecule has 1 heterocycles. The lowest BCUT2D eigenvalue weighted by molar-refractivity contribution is -0.131. The molecule has 0 N–H and O–H groups in total. The topological polar surface area (TPSA) is 23.6 Å². The second-order valence-corrected chi connectivity index (χ2v) is 3.40. The second kappa shape index (κ2) is 1.95. The van der Waals surface area contributed by atoms with Crippen molar-refractivity contribution in [2.75, 3.05) is 20.8 Å². The molecule has 1 aliphatic heterocycles. The number of nitrogens with zero attached hydrogens (tertiary/aromatic N) is 2. The van der Waals surface area contributed by atoms with E-state index in [9.17, 15) is 4.79 Å². The van der Waals surface area contributed by atoms with Crippen molar-refractivity contribution in [2.45, 2.75) is 19.4 Å². The molecule has 1 aliphatic rings. The molecular weight excluding hydrogens is 128 g/mol. The molecule has 10 heavy (non-hydrogen) atoms. The Kier molecular flexibility index (Phi) is 1.47. The molecule has 0 unspecified atom stereocenters. The predicted molar refractivity (Wildman–Crippen MR) is 39.5 cm³/mol. The lowest BCUT2D eigenvalue weighted by atomic mass is 10.1. The fourth-order valence-corrected chi connectivity index (χ4v) is 1.19. The minimum atomic E-state index is -0.297. The van der Waals surface area contributed by atoms with Gasteiger partial charge in [-0.25, -0.2) is 0 Å². The van der Waals surface area contributed by atoms with Crippen molar-refractivity contribution in [3.8, 4) is 0 Å². The van der Waals surface area contributed by atoms with Crippen molar-refractivity contribution in [2.24, 2.45) is 0 Å². The summed E-state index contributed by atoms with van der Waals surface area (Å²) in [6.07, 6.45) is 0. The number of hydrogen-bond donors (Lipinski definition) is 0. The van der Waals surface area contributed by atoms with Crippen LogP contribution in [0.25, 0.3) is 0 Å². The van der Waals surface area contributed by atoms with E-state index in [4.69, 9.17) is 0 Å². The Labute approximate surface area is 61.6 Å². The van der Waals surface area contributed by atoms with Crippen LogP contribution in [0.4, 0.5) is 0 Å². The van der Waals surface area contributed by atoms with Gasteiger partial charge < -0.3 is 4.90 Å². The summed E-state index contributed by atoms with van der Waals surface area (Å²) in [7, 11) is 3.79. The molecule has 0 bridgehead atoms. The molecule has 0 atom stereocenters. The number of amides is 1. The molecule has 0 aromatic carbocycles. The normalized spacial score (nSPS) is 26.0. The molecule has 1 fully saturated rings.